The highest BCUT2D eigenvalue weighted by molar-refractivity contribution is 5.84. The van der Waals surface area contributed by atoms with Gasteiger partial charge in [-0.15, -0.1) is 0 Å². The molecule has 1 saturated heterocycles. The molecular weight excluding hydrogens is 332 g/mol. The summed E-state index contributed by atoms with van der Waals surface area (Å²) in [5.41, 5.74) is -0.331. The third-order valence-electron chi connectivity index (χ3n) is 5.17. The number of nitrogens with one attached hydrogen (secondary N) is 2. The molecule has 0 bridgehead atoms. The molecule has 7 nitrogen and oxygen atoms in total. The SMILES string of the molecule is CCNC(=NCC1(C(=O)N(C)C)CCCC1)NCCOCC1CCCO1. The van der Waals surface area contributed by atoms with Gasteiger partial charge in [-0.1, -0.05) is 12.8 Å². The van der Waals surface area contributed by atoms with Gasteiger partial charge in [0.2, 0.25) is 5.91 Å². The molecule has 26 heavy (non-hydrogen) atoms. The highest BCUT2D eigenvalue weighted by Crippen LogP contribution is 2.39. The zero-order valence-electron chi connectivity index (χ0n) is 16.7. The van der Waals surface area contributed by atoms with Crippen LogP contribution in [0.4, 0.5) is 0 Å². The molecule has 1 aliphatic heterocycles. The van der Waals surface area contributed by atoms with Crippen LogP contribution in [0.1, 0.15) is 45.4 Å². The van der Waals surface area contributed by atoms with Crippen LogP contribution in [0.2, 0.25) is 0 Å². The second-order valence-corrected chi connectivity index (χ2v) is 7.52. The van der Waals surface area contributed by atoms with Crippen molar-refractivity contribution in [3.05, 3.63) is 0 Å². The van der Waals surface area contributed by atoms with E-state index in [4.69, 9.17) is 14.5 Å². The van der Waals surface area contributed by atoms with Crippen LogP contribution in [0.3, 0.4) is 0 Å². The Morgan fingerprint density at radius 2 is 2.04 bits per heavy atom. The molecule has 0 aromatic rings. The quantitative estimate of drug-likeness (QED) is 0.365. The molecular formula is C19H36N4O3. The van der Waals surface area contributed by atoms with E-state index in [9.17, 15) is 4.79 Å². The fraction of sp³-hybridized carbons (Fsp3) is 0.895. The number of hydrogen-bond acceptors (Lipinski definition) is 4. The van der Waals surface area contributed by atoms with E-state index in [0.717, 1.165) is 57.6 Å². The summed E-state index contributed by atoms with van der Waals surface area (Å²) >= 11 is 0. The first kappa shape index (κ1) is 21.0. The smallest absolute Gasteiger partial charge is 0.230 e. The molecule has 2 N–H and O–H groups in total. The van der Waals surface area contributed by atoms with Crippen LogP contribution in [-0.2, 0) is 14.3 Å². The van der Waals surface area contributed by atoms with Crippen LogP contribution in [0.25, 0.3) is 0 Å². The van der Waals surface area contributed by atoms with E-state index in [2.05, 4.69) is 10.6 Å². The third kappa shape index (κ3) is 6.13. The maximum absolute atomic E-state index is 12.6. The first-order valence-corrected chi connectivity index (χ1v) is 10.0. The van der Waals surface area contributed by atoms with Crippen molar-refractivity contribution in [1.29, 1.82) is 0 Å². The standard InChI is InChI=1S/C19H36N4O3/c1-4-20-18(21-11-13-25-14-16-8-7-12-26-16)22-15-19(9-5-6-10-19)17(24)23(2)3/h16H,4-15H2,1-3H3,(H2,20,21,22). The van der Waals surface area contributed by atoms with E-state index in [1.165, 1.54) is 0 Å². The van der Waals surface area contributed by atoms with Crippen LogP contribution >= 0.6 is 0 Å². The number of rotatable bonds is 9. The molecule has 0 aromatic heterocycles. The van der Waals surface area contributed by atoms with Gasteiger partial charge in [0, 0.05) is 33.8 Å². The number of carbonyl (C=O) groups is 1. The lowest BCUT2D eigenvalue weighted by Crippen LogP contribution is -2.43. The summed E-state index contributed by atoms with van der Waals surface area (Å²) in [6.07, 6.45) is 6.56. The lowest BCUT2D eigenvalue weighted by Gasteiger charge is -2.29. The van der Waals surface area contributed by atoms with Crippen LogP contribution in [0.5, 0.6) is 0 Å². The maximum Gasteiger partial charge on any atom is 0.230 e. The molecule has 2 rings (SSSR count). The van der Waals surface area contributed by atoms with Gasteiger partial charge in [-0.2, -0.15) is 0 Å². The first-order chi connectivity index (χ1) is 12.6. The van der Waals surface area contributed by atoms with Gasteiger partial charge in [0.15, 0.2) is 5.96 Å². The number of aliphatic imine (C=N–C) groups is 1. The van der Waals surface area contributed by atoms with Gasteiger partial charge in [0.05, 0.1) is 31.3 Å². The Balaban J connectivity index is 1.79. The third-order valence-corrected chi connectivity index (χ3v) is 5.17. The van der Waals surface area contributed by atoms with Gasteiger partial charge in [0.1, 0.15) is 0 Å². The fourth-order valence-corrected chi connectivity index (χ4v) is 3.77. The monoisotopic (exact) mass is 368 g/mol. The van der Waals surface area contributed by atoms with Gasteiger partial charge in [0.25, 0.3) is 0 Å². The van der Waals surface area contributed by atoms with E-state index in [0.29, 0.717) is 26.3 Å². The van der Waals surface area contributed by atoms with Crippen LogP contribution in [0, 0.1) is 5.41 Å². The number of hydrogen-bond donors (Lipinski definition) is 2. The van der Waals surface area contributed by atoms with E-state index in [-0.39, 0.29) is 17.4 Å². The predicted molar refractivity (Wildman–Crippen MR) is 103 cm³/mol. The van der Waals surface area contributed by atoms with Crippen LogP contribution in [-0.4, -0.2) is 76.4 Å². The number of carbonyl (C=O) groups excluding carboxylic acids is 1. The summed E-state index contributed by atoms with van der Waals surface area (Å²) in [6, 6.07) is 0. The highest BCUT2D eigenvalue weighted by Gasteiger charge is 2.42. The number of ether oxygens (including phenoxy) is 2. The topological polar surface area (TPSA) is 75.2 Å². The Morgan fingerprint density at radius 1 is 1.27 bits per heavy atom. The zero-order valence-corrected chi connectivity index (χ0v) is 16.7. The highest BCUT2D eigenvalue weighted by atomic mass is 16.5. The molecule has 0 spiro atoms. The average molecular weight is 369 g/mol. The van der Waals surface area contributed by atoms with Gasteiger partial charge in [-0.3, -0.25) is 9.79 Å². The van der Waals surface area contributed by atoms with Crippen molar-refractivity contribution in [2.45, 2.75) is 51.6 Å². The van der Waals surface area contributed by atoms with E-state index >= 15 is 0 Å². The number of amides is 1. The molecule has 1 heterocycles. The molecule has 2 fully saturated rings. The van der Waals surface area contributed by atoms with Gasteiger partial charge in [-0.25, -0.2) is 0 Å². The van der Waals surface area contributed by atoms with Crippen molar-refractivity contribution in [2.75, 3.05) is 53.6 Å². The van der Waals surface area contributed by atoms with Crippen molar-refractivity contribution in [3.8, 4) is 0 Å². The molecule has 1 amide bonds. The van der Waals surface area contributed by atoms with Crippen molar-refractivity contribution in [2.24, 2.45) is 10.4 Å². The van der Waals surface area contributed by atoms with E-state index in [1.54, 1.807) is 4.90 Å². The van der Waals surface area contributed by atoms with Crippen molar-refractivity contribution < 1.29 is 14.3 Å². The molecule has 0 radical (unpaired) electrons. The van der Waals surface area contributed by atoms with Gasteiger partial charge in [-0.05, 0) is 32.6 Å². The molecule has 1 unspecified atom stereocenters. The lowest BCUT2D eigenvalue weighted by atomic mass is 9.85. The maximum atomic E-state index is 12.6. The molecule has 1 atom stereocenters. The Hall–Kier alpha value is -1.34. The summed E-state index contributed by atoms with van der Waals surface area (Å²) in [6.45, 7) is 6.20. The lowest BCUT2D eigenvalue weighted by molar-refractivity contribution is -0.138. The zero-order chi connectivity index (χ0) is 18.8. The molecule has 0 aromatic carbocycles. The summed E-state index contributed by atoms with van der Waals surface area (Å²) in [5.74, 6) is 0.959. The van der Waals surface area contributed by atoms with Crippen molar-refractivity contribution in [1.82, 2.24) is 15.5 Å². The number of nitrogens with zero attached hydrogens (tertiary/aromatic N) is 2. The summed E-state index contributed by atoms with van der Waals surface area (Å²) < 4.78 is 11.2. The summed E-state index contributed by atoms with van der Waals surface area (Å²) in [4.78, 5) is 19.1. The second-order valence-electron chi connectivity index (χ2n) is 7.52. The molecule has 7 heteroatoms. The van der Waals surface area contributed by atoms with Crippen LogP contribution < -0.4 is 10.6 Å². The Labute approximate surface area is 157 Å². The van der Waals surface area contributed by atoms with E-state index < -0.39 is 0 Å². The van der Waals surface area contributed by atoms with Crippen LogP contribution in [0.15, 0.2) is 4.99 Å². The Kier molecular flexibility index (Phi) is 8.65. The molecule has 1 saturated carbocycles. The molecule has 2 aliphatic rings. The van der Waals surface area contributed by atoms with Gasteiger partial charge < -0.3 is 25.0 Å². The van der Waals surface area contributed by atoms with Gasteiger partial charge >= 0.3 is 0 Å². The van der Waals surface area contributed by atoms with Crippen molar-refractivity contribution in [3.63, 3.8) is 0 Å². The minimum absolute atomic E-state index is 0.203. The molecule has 1 aliphatic carbocycles. The Bertz CT molecular complexity index is 456. The fourth-order valence-electron chi connectivity index (χ4n) is 3.77. The predicted octanol–water partition coefficient (Wildman–Crippen LogP) is 1.39. The minimum atomic E-state index is -0.331. The average Bonchev–Trinajstić information content (AvgIpc) is 3.31. The van der Waals surface area contributed by atoms with Crippen molar-refractivity contribution >= 4 is 11.9 Å². The first-order valence-electron chi connectivity index (χ1n) is 10.0. The minimum Gasteiger partial charge on any atom is -0.377 e. The molecule has 150 valence electrons. The summed E-state index contributed by atoms with van der Waals surface area (Å²) in [7, 11) is 3.67. The largest absolute Gasteiger partial charge is 0.377 e. The Morgan fingerprint density at radius 3 is 2.65 bits per heavy atom. The second kappa shape index (κ2) is 10.7. The normalized spacial score (nSPS) is 22.4. The van der Waals surface area contributed by atoms with E-state index in [1.807, 2.05) is 21.0 Å². The summed E-state index contributed by atoms with van der Waals surface area (Å²) in [5, 5.41) is 6.56. The number of guanidine groups is 1.